The lowest BCUT2D eigenvalue weighted by Crippen LogP contribution is -2.46. The molecule has 1 aromatic carbocycles. The first-order valence-electron chi connectivity index (χ1n) is 10.1. The molecule has 0 aromatic heterocycles. The number of hydrogen-bond acceptors (Lipinski definition) is 4. The number of carbonyl (C=O) groups excluding carboxylic acids is 1. The van der Waals surface area contributed by atoms with Crippen molar-refractivity contribution in [1.29, 1.82) is 0 Å². The Morgan fingerprint density at radius 2 is 1.92 bits per heavy atom. The summed E-state index contributed by atoms with van der Waals surface area (Å²) in [6.07, 6.45) is 5.50. The number of nitrogens with zero attached hydrogens (tertiary/aromatic N) is 2. The maximum absolute atomic E-state index is 13.0. The molecule has 2 aliphatic rings. The van der Waals surface area contributed by atoms with Crippen molar-refractivity contribution in [2.24, 2.45) is 0 Å². The number of ether oxygens (including phenoxy) is 2. The van der Waals surface area contributed by atoms with Gasteiger partial charge in [-0.05, 0) is 56.4 Å². The third kappa shape index (κ3) is 5.21. The van der Waals surface area contributed by atoms with Crippen LogP contribution >= 0.6 is 0 Å². The molecular formula is C21H32N2O3. The minimum absolute atomic E-state index is 0.165. The second-order valence-corrected chi connectivity index (χ2v) is 7.26. The van der Waals surface area contributed by atoms with E-state index < -0.39 is 0 Å². The second-order valence-electron chi connectivity index (χ2n) is 7.26. The molecule has 0 spiro atoms. The predicted octanol–water partition coefficient (Wildman–Crippen LogP) is 3.19. The van der Waals surface area contributed by atoms with Crippen molar-refractivity contribution in [3.8, 4) is 5.75 Å². The summed E-state index contributed by atoms with van der Waals surface area (Å²) in [6, 6.07) is 7.99. The molecule has 2 fully saturated rings. The van der Waals surface area contributed by atoms with Crippen LogP contribution in [0.3, 0.4) is 0 Å². The summed E-state index contributed by atoms with van der Waals surface area (Å²) < 4.78 is 11.0. The molecule has 3 rings (SSSR count). The zero-order valence-electron chi connectivity index (χ0n) is 16.0. The number of amides is 1. The summed E-state index contributed by atoms with van der Waals surface area (Å²) in [4.78, 5) is 17.6. The summed E-state index contributed by atoms with van der Waals surface area (Å²) in [5, 5.41) is 0. The third-order valence-corrected chi connectivity index (χ3v) is 5.34. The highest BCUT2D eigenvalue weighted by molar-refractivity contribution is 5.94. The fraction of sp³-hybridized carbons (Fsp3) is 0.667. The van der Waals surface area contributed by atoms with Gasteiger partial charge in [-0.1, -0.05) is 6.92 Å². The van der Waals surface area contributed by atoms with E-state index in [4.69, 9.17) is 9.47 Å². The first kappa shape index (κ1) is 19.2. The van der Waals surface area contributed by atoms with E-state index in [1.54, 1.807) is 0 Å². The molecule has 0 bridgehead atoms. The standard InChI is InChI=1S/C21H32N2O3/c1-2-15-26-20-8-6-18(7-9-20)21(24)23-11-4-3-5-19(23)10-12-22-13-16-25-17-14-22/h6-9,19H,2-5,10-17H2,1H3/t19-/m1/s1. The average molecular weight is 360 g/mol. The number of hydrogen-bond donors (Lipinski definition) is 0. The van der Waals surface area contributed by atoms with Crippen LogP contribution in [-0.2, 0) is 4.74 Å². The highest BCUT2D eigenvalue weighted by Crippen LogP contribution is 2.23. The third-order valence-electron chi connectivity index (χ3n) is 5.34. The molecule has 1 aromatic rings. The quantitative estimate of drug-likeness (QED) is 0.749. The fourth-order valence-corrected chi connectivity index (χ4v) is 3.80. The van der Waals surface area contributed by atoms with E-state index in [1.165, 1.54) is 6.42 Å². The van der Waals surface area contributed by atoms with Crippen molar-refractivity contribution in [3.05, 3.63) is 29.8 Å². The number of carbonyl (C=O) groups is 1. The first-order chi connectivity index (χ1) is 12.8. The van der Waals surface area contributed by atoms with Crippen LogP contribution in [0.5, 0.6) is 5.75 Å². The minimum atomic E-state index is 0.165. The minimum Gasteiger partial charge on any atom is -0.494 e. The first-order valence-corrected chi connectivity index (χ1v) is 10.1. The van der Waals surface area contributed by atoms with Gasteiger partial charge < -0.3 is 14.4 Å². The predicted molar refractivity (Wildman–Crippen MR) is 103 cm³/mol. The number of piperidine rings is 1. The molecule has 1 atom stereocenters. The van der Waals surface area contributed by atoms with Gasteiger partial charge in [0, 0.05) is 37.8 Å². The Kier molecular flexibility index (Phi) is 7.32. The normalized spacial score (nSPS) is 21.6. The Bertz CT molecular complexity index is 555. The Morgan fingerprint density at radius 3 is 2.65 bits per heavy atom. The number of benzene rings is 1. The molecule has 26 heavy (non-hydrogen) atoms. The van der Waals surface area contributed by atoms with Crippen molar-refractivity contribution in [2.75, 3.05) is 46.0 Å². The summed E-state index contributed by atoms with van der Waals surface area (Å²) in [6.45, 7) is 8.43. The summed E-state index contributed by atoms with van der Waals surface area (Å²) >= 11 is 0. The SMILES string of the molecule is CCCOc1ccc(C(=O)N2CCCC[C@@H]2CCN2CCOCC2)cc1. The van der Waals surface area contributed by atoms with Crippen LogP contribution in [0.4, 0.5) is 0 Å². The topological polar surface area (TPSA) is 42.0 Å². The molecule has 1 amide bonds. The van der Waals surface area contributed by atoms with Gasteiger partial charge in [-0.25, -0.2) is 0 Å². The van der Waals surface area contributed by atoms with E-state index in [-0.39, 0.29) is 5.91 Å². The van der Waals surface area contributed by atoms with Gasteiger partial charge >= 0.3 is 0 Å². The van der Waals surface area contributed by atoms with E-state index in [2.05, 4.69) is 16.7 Å². The van der Waals surface area contributed by atoms with Crippen LogP contribution in [0.25, 0.3) is 0 Å². The largest absolute Gasteiger partial charge is 0.494 e. The van der Waals surface area contributed by atoms with Crippen LogP contribution in [0.2, 0.25) is 0 Å². The van der Waals surface area contributed by atoms with Crippen LogP contribution in [-0.4, -0.2) is 67.7 Å². The van der Waals surface area contributed by atoms with E-state index in [0.29, 0.717) is 12.6 Å². The average Bonchev–Trinajstić information content (AvgIpc) is 2.71. The lowest BCUT2D eigenvalue weighted by Gasteiger charge is -2.37. The van der Waals surface area contributed by atoms with Gasteiger partial charge in [-0.2, -0.15) is 0 Å². The maximum Gasteiger partial charge on any atom is 0.254 e. The van der Waals surface area contributed by atoms with E-state index in [0.717, 1.165) is 76.4 Å². The van der Waals surface area contributed by atoms with Crippen molar-refractivity contribution < 1.29 is 14.3 Å². The van der Waals surface area contributed by atoms with Crippen LogP contribution in [0, 0.1) is 0 Å². The van der Waals surface area contributed by atoms with Crippen LogP contribution in [0.15, 0.2) is 24.3 Å². The zero-order chi connectivity index (χ0) is 18.2. The molecule has 5 nitrogen and oxygen atoms in total. The summed E-state index contributed by atoms with van der Waals surface area (Å²) in [5.74, 6) is 1.00. The van der Waals surface area contributed by atoms with Crippen LogP contribution < -0.4 is 4.74 Å². The molecule has 5 heteroatoms. The van der Waals surface area contributed by atoms with Gasteiger partial charge in [-0.3, -0.25) is 9.69 Å². The molecule has 0 saturated carbocycles. The second kappa shape index (κ2) is 9.93. The number of rotatable bonds is 7. The Hall–Kier alpha value is -1.59. The molecule has 2 heterocycles. The van der Waals surface area contributed by atoms with Gasteiger partial charge in [0.05, 0.1) is 19.8 Å². The molecule has 0 aliphatic carbocycles. The van der Waals surface area contributed by atoms with E-state index in [9.17, 15) is 4.79 Å². The van der Waals surface area contributed by atoms with Gasteiger partial charge in [0.1, 0.15) is 5.75 Å². The highest BCUT2D eigenvalue weighted by Gasteiger charge is 2.28. The van der Waals surface area contributed by atoms with Gasteiger partial charge in [-0.15, -0.1) is 0 Å². The monoisotopic (exact) mass is 360 g/mol. The summed E-state index contributed by atoms with van der Waals surface area (Å²) in [5.41, 5.74) is 0.770. The Labute approximate surface area is 157 Å². The van der Waals surface area contributed by atoms with E-state index >= 15 is 0 Å². The number of morpholine rings is 1. The maximum atomic E-state index is 13.0. The molecule has 2 aliphatic heterocycles. The Morgan fingerprint density at radius 1 is 1.15 bits per heavy atom. The lowest BCUT2D eigenvalue weighted by atomic mass is 9.97. The van der Waals surface area contributed by atoms with Gasteiger partial charge in [0.2, 0.25) is 0 Å². The summed E-state index contributed by atoms with van der Waals surface area (Å²) in [7, 11) is 0. The van der Waals surface area contributed by atoms with E-state index in [1.807, 2.05) is 24.3 Å². The fourth-order valence-electron chi connectivity index (χ4n) is 3.80. The molecule has 0 unspecified atom stereocenters. The molecule has 0 N–H and O–H groups in total. The smallest absolute Gasteiger partial charge is 0.254 e. The molecule has 144 valence electrons. The lowest BCUT2D eigenvalue weighted by molar-refractivity contribution is 0.0295. The van der Waals surface area contributed by atoms with Crippen molar-refractivity contribution in [2.45, 2.75) is 45.1 Å². The Balaban J connectivity index is 1.58. The zero-order valence-corrected chi connectivity index (χ0v) is 16.0. The number of likely N-dealkylation sites (tertiary alicyclic amines) is 1. The van der Waals surface area contributed by atoms with Crippen molar-refractivity contribution in [1.82, 2.24) is 9.80 Å². The van der Waals surface area contributed by atoms with Crippen LogP contribution in [0.1, 0.15) is 49.4 Å². The van der Waals surface area contributed by atoms with Crippen molar-refractivity contribution in [3.63, 3.8) is 0 Å². The van der Waals surface area contributed by atoms with Gasteiger partial charge in [0.25, 0.3) is 5.91 Å². The molecule has 0 radical (unpaired) electrons. The molecular weight excluding hydrogens is 328 g/mol. The van der Waals surface area contributed by atoms with Crippen molar-refractivity contribution >= 4 is 5.91 Å². The van der Waals surface area contributed by atoms with Gasteiger partial charge in [0.15, 0.2) is 0 Å². The molecule has 2 saturated heterocycles. The highest BCUT2D eigenvalue weighted by atomic mass is 16.5.